The molecule has 6 heteroatoms. The van der Waals surface area contributed by atoms with Crippen LogP contribution in [0.1, 0.15) is 0 Å². The number of hydrogen-bond acceptors (Lipinski definition) is 4. The van der Waals surface area contributed by atoms with E-state index in [0.29, 0.717) is 16.6 Å². The van der Waals surface area contributed by atoms with Gasteiger partial charge in [0.05, 0.1) is 17.6 Å². The van der Waals surface area contributed by atoms with Gasteiger partial charge in [-0.05, 0) is 41.9 Å². The van der Waals surface area contributed by atoms with Gasteiger partial charge in [0.15, 0.2) is 0 Å². The fourth-order valence-electron chi connectivity index (χ4n) is 2.02. The summed E-state index contributed by atoms with van der Waals surface area (Å²) in [6.07, 6.45) is 0. The van der Waals surface area contributed by atoms with Crippen LogP contribution in [0.4, 0.5) is 11.5 Å². The van der Waals surface area contributed by atoms with Crippen LogP contribution < -0.4 is 10.1 Å². The van der Waals surface area contributed by atoms with Gasteiger partial charge in [-0.15, -0.1) is 0 Å². The van der Waals surface area contributed by atoms with E-state index in [9.17, 15) is 0 Å². The minimum Gasteiger partial charge on any atom is -0.495 e. The van der Waals surface area contributed by atoms with E-state index in [-0.39, 0.29) is 5.28 Å². The SMILES string of the molecule is COc1ccc(Nc2nc(Cl)nc3ccccc23)cc1Cl. The summed E-state index contributed by atoms with van der Waals surface area (Å²) in [4.78, 5) is 8.43. The predicted octanol–water partition coefficient (Wildman–Crippen LogP) is 4.69. The Balaban J connectivity index is 2.03. The normalized spacial score (nSPS) is 10.6. The highest BCUT2D eigenvalue weighted by Crippen LogP contribution is 2.30. The molecule has 0 amide bonds. The van der Waals surface area contributed by atoms with Crippen molar-refractivity contribution in [2.24, 2.45) is 0 Å². The first-order valence-electron chi connectivity index (χ1n) is 6.20. The van der Waals surface area contributed by atoms with Crippen molar-refractivity contribution in [2.45, 2.75) is 0 Å². The maximum atomic E-state index is 6.12. The van der Waals surface area contributed by atoms with E-state index in [4.69, 9.17) is 27.9 Å². The van der Waals surface area contributed by atoms with E-state index in [0.717, 1.165) is 16.6 Å². The Bertz CT molecular complexity index is 808. The molecule has 4 nitrogen and oxygen atoms in total. The van der Waals surface area contributed by atoms with Crippen LogP contribution in [0.15, 0.2) is 42.5 Å². The third-order valence-electron chi connectivity index (χ3n) is 2.99. The Kier molecular flexibility index (Phi) is 3.82. The first-order chi connectivity index (χ1) is 10.2. The van der Waals surface area contributed by atoms with Crippen LogP contribution in [0.3, 0.4) is 0 Å². The van der Waals surface area contributed by atoms with Crippen LogP contribution >= 0.6 is 23.2 Å². The number of anilines is 2. The largest absolute Gasteiger partial charge is 0.495 e. The number of rotatable bonds is 3. The zero-order valence-corrected chi connectivity index (χ0v) is 12.6. The van der Waals surface area contributed by atoms with Crippen LogP contribution in [-0.2, 0) is 0 Å². The minimum atomic E-state index is 0.191. The number of ether oxygens (including phenoxy) is 1. The maximum absolute atomic E-state index is 6.12. The third-order valence-corrected chi connectivity index (χ3v) is 3.45. The quantitative estimate of drug-likeness (QED) is 0.711. The van der Waals surface area contributed by atoms with Crippen LogP contribution in [0.2, 0.25) is 10.3 Å². The summed E-state index contributed by atoms with van der Waals surface area (Å²) < 4.78 is 5.13. The highest BCUT2D eigenvalue weighted by atomic mass is 35.5. The number of nitrogens with zero attached hydrogens (tertiary/aromatic N) is 2. The van der Waals surface area contributed by atoms with E-state index >= 15 is 0 Å². The van der Waals surface area contributed by atoms with Crippen LogP contribution in [0, 0.1) is 0 Å². The first-order valence-corrected chi connectivity index (χ1v) is 6.96. The molecule has 0 radical (unpaired) electrons. The molecule has 0 aliphatic rings. The van der Waals surface area contributed by atoms with Crippen molar-refractivity contribution in [3.8, 4) is 5.75 Å². The Morgan fingerprint density at radius 3 is 2.62 bits per heavy atom. The van der Waals surface area contributed by atoms with Gasteiger partial charge in [-0.3, -0.25) is 0 Å². The number of nitrogens with one attached hydrogen (secondary N) is 1. The van der Waals surface area contributed by atoms with Crippen molar-refractivity contribution >= 4 is 45.6 Å². The average molecular weight is 320 g/mol. The molecule has 0 aliphatic carbocycles. The van der Waals surface area contributed by atoms with Gasteiger partial charge in [0, 0.05) is 11.1 Å². The number of benzene rings is 2. The van der Waals surface area contributed by atoms with Gasteiger partial charge in [-0.1, -0.05) is 23.7 Å². The van der Waals surface area contributed by atoms with Gasteiger partial charge in [0.25, 0.3) is 0 Å². The van der Waals surface area contributed by atoms with Gasteiger partial charge in [0.2, 0.25) is 5.28 Å². The topological polar surface area (TPSA) is 47.0 Å². The molecule has 0 saturated carbocycles. The third kappa shape index (κ3) is 2.86. The summed E-state index contributed by atoms with van der Waals surface area (Å²) >= 11 is 12.1. The molecule has 0 fully saturated rings. The summed E-state index contributed by atoms with van der Waals surface area (Å²) in [7, 11) is 1.58. The smallest absolute Gasteiger partial charge is 0.224 e. The minimum absolute atomic E-state index is 0.191. The second-order valence-corrected chi connectivity index (χ2v) is 5.08. The molecule has 0 bridgehead atoms. The fraction of sp³-hybridized carbons (Fsp3) is 0.0667. The monoisotopic (exact) mass is 319 g/mol. The summed E-state index contributed by atoms with van der Waals surface area (Å²) in [5, 5.41) is 4.80. The Morgan fingerprint density at radius 1 is 1.05 bits per heavy atom. The molecule has 21 heavy (non-hydrogen) atoms. The molecule has 3 rings (SSSR count). The van der Waals surface area contributed by atoms with E-state index < -0.39 is 0 Å². The molecule has 3 aromatic rings. The molecule has 1 aromatic heterocycles. The first kappa shape index (κ1) is 13.9. The lowest BCUT2D eigenvalue weighted by Crippen LogP contribution is -1.97. The average Bonchev–Trinajstić information content (AvgIpc) is 2.47. The molecule has 0 aliphatic heterocycles. The summed E-state index contributed by atoms with van der Waals surface area (Å²) in [6.45, 7) is 0. The van der Waals surface area contributed by atoms with Gasteiger partial charge in [-0.2, -0.15) is 4.98 Å². The lowest BCUT2D eigenvalue weighted by molar-refractivity contribution is 0.415. The molecular weight excluding hydrogens is 309 g/mol. The summed E-state index contributed by atoms with van der Waals surface area (Å²) in [5.74, 6) is 1.25. The predicted molar refractivity (Wildman–Crippen MR) is 85.8 cm³/mol. The molecule has 106 valence electrons. The van der Waals surface area contributed by atoms with Crippen molar-refractivity contribution in [2.75, 3.05) is 12.4 Å². The standard InChI is InChI=1S/C15H11Cl2N3O/c1-21-13-7-6-9(8-11(13)16)18-14-10-4-2-3-5-12(10)19-15(17)20-14/h2-8H,1H3,(H,18,19,20). The second-order valence-electron chi connectivity index (χ2n) is 4.33. The number of halogens is 2. The highest BCUT2D eigenvalue weighted by molar-refractivity contribution is 6.32. The van der Waals surface area contributed by atoms with Crippen LogP contribution in [0.25, 0.3) is 10.9 Å². The van der Waals surface area contributed by atoms with Crippen molar-refractivity contribution in [1.29, 1.82) is 0 Å². The fourth-order valence-corrected chi connectivity index (χ4v) is 2.46. The van der Waals surface area contributed by atoms with Crippen molar-refractivity contribution in [1.82, 2.24) is 9.97 Å². The Morgan fingerprint density at radius 2 is 1.86 bits per heavy atom. The molecule has 0 spiro atoms. The van der Waals surface area contributed by atoms with Gasteiger partial charge >= 0.3 is 0 Å². The number of hydrogen-bond donors (Lipinski definition) is 1. The zero-order valence-electron chi connectivity index (χ0n) is 11.1. The molecule has 2 aromatic carbocycles. The van der Waals surface area contributed by atoms with Crippen molar-refractivity contribution in [3.05, 3.63) is 52.8 Å². The Labute approximate surface area is 131 Å². The second kappa shape index (κ2) is 5.76. The van der Waals surface area contributed by atoms with Crippen LogP contribution in [-0.4, -0.2) is 17.1 Å². The van der Waals surface area contributed by atoms with E-state index in [1.807, 2.05) is 30.3 Å². The lowest BCUT2D eigenvalue weighted by atomic mass is 10.2. The van der Waals surface area contributed by atoms with E-state index in [2.05, 4.69) is 15.3 Å². The maximum Gasteiger partial charge on any atom is 0.224 e. The van der Waals surface area contributed by atoms with E-state index in [1.165, 1.54) is 0 Å². The van der Waals surface area contributed by atoms with Gasteiger partial charge < -0.3 is 10.1 Å². The van der Waals surface area contributed by atoms with Crippen molar-refractivity contribution < 1.29 is 4.74 Å². The van der Waals surface area contributed by atoms with E-state index in [1.54, 1.807) is 19.2 Å². The molecule has 0 unspecified atom stereocenters. The summed E-state index contributed by atoms with van der Waals surface area (Å²) in [6, 6.07) is 13.1. The Hall–Kier alpha value is -2.04. The lowest BCUT2D eigenvalue weighted by Gasteiger charge is -2.10. The number of para-hydroxylation sites is 1. The zero-order chi connectivity index (χ0) is 14.8. The summed E-state index contributed by atoms with van der Waals surface area (Å²) in [5.41, 5.74) is 1.57. The molecular formula is C15H11Cl2N3O. The van der Waals surface area contributed by atoms with Gasteiger partial charge in [0.1, 0.15) is 11.6 Å². The molecule has 0 saturated heterocycles. The van der Waals surface area contributed by atoms with Crippen molar-refractivity contribution in [3.63, 3.8) is 0 Å². The molecule has 0 atom stereocenters. The number of aromatic nitrogens is 2. The van der Waals surface area contributed by atoms with Crippen LogP contribution in [0.5, 0.6) is 5.75 Å². The molecule has 1 heterocycles. The molecule has 1 N–H and O–H groups in total. The highest BCUT2D eigenvalue weighted by Gasteiger charge is 2.08. The number of fused-ring (bicyclic) bond motifs is 1. The van der Waals surface area contributed by atoms with Gasteiger partial charge in [-0.25, -0.2) is 4.98 Å². The number of methoxy groups -OCH3 is 1.